The predicted molar refractivity (Wildman–Crippen MR) is 68.2 cm³/mol. The Labute approximate surface area is 107 Å². The first kappa shape index (κ1) is 13.4. The van der Waals surface area contributed by atoms with Gasteiger partial charge in [0.15, 0.2) is 0 Å². The highest BCUT2D eigenvalue weighted by molar-refractivity contribution is 5.22. The molecule has 1 aromatic rings. The van der Waals surface area contributed by atoms with Crippen LogP contribution in [0.15, 0.2) is 18.2 Å². The van der Waals surface area contributed by atoms with Crippen molar-refractivity contribution < 1.29 is 8.78 Å². The molecule has 1 saturated carbocycles. The van der Waals surface area contributed by atoms with Gasteiger partial charge in [-0.1, -0.05) is 19.3 Å². The fraction of sp³-hybridized carbons (Fsp3) is 0.571. The lowest BCUT2D eigenvalue weighted by molar-refractivity contribution is 0.364. The van der Waals surface area contributed by atoms with Gasteiger partial charge in [-0.2, -0.15) is 0 Å². The third-order valence-electron chi connectivity index (χ3n) is 3.59. The number of benzene rings is 1. The predicted octanol–water partition coefficient (Wildman–Crippen LogP) is 2.89. The first-order valence-corrected chi connectivity index (χ1v) is 6.60. The molecular weight excluding hydrogens is 234 g/mol. The highest BCUT2D eigenvalue weighted by atomic mass is 19.1. The van der Waals surface area contributed by atoms with Crippen LogP contribution in [0, 0.1) is 11.6 Å². The summed E-state index contributed by atoms with van der Waals surface area (Å²) in [5, 5.41) is 3.35. The maximum absolute atomic E-state index is 13.5. The molecule has 2 nitrogen and oxygen atoms in total. The topological polar surface area (TPSA) is 38.0 Å². The Morgan fingerprint density at radius 1 is 1.22 bits per heavy atom. The molecule has 0 radical (unpaired) electrons. The molecule has 1 fully saturated rings. The zero-order valence-electron chi connectivity index (χ0n) is 10.5. The molecule has 0 bridgehead atoms. The Balaban J connectivity index is 1.90. The standard InChI is InChI=1S/C14H20F2N2/c15-10-6-7-13(16)12(8-10)14(17)9-18-11-4-2-1-3-5-11/h6-8,11,14,18H,1-5,9,17H2. The van der Waals surface area contributed by atoms with Gasteiger partial charge < -0.3 is 11.1 Å². The lowest BCUT2D eigenvalue weighted by Gasteiger charge is -2.24. The molecule has 0 saturated heterocycles. The quantitative estimate of drug-likeness (QED) is 0.867. The summed E-state index contributed by atoms with van der Waals surface area (Å²) in [4.78, 5) is 0. The van der Waals surface area contributed by atoms with Crippen molar-refractivity contribution in [2.45, 2.75) is 44.2 Å². The molecule has 3 N–H and O–H groups in total. The molecule has 2 rings (SSSR count). The SMILES string of the molecule is NC(CNC1CCCCC1)c1cc(F)ccc1F. The van der Waals surface area contributed by atoms with Gasteiger partial charge in [0.05, 0.1) is 0 Å². The van der Waals surface area contributed by atoms with E-state index in [1.807, 2.05) is 0 Å². The summed E-state index contributed by atoms with van der Waals surface area (Å²) in [6.07, 6.45) is 6.07. The number of hydrogen-bond donors (Lipinski definition) is 2. The summed E-state index contributed by atoms with van der Waals surface area (Å²) >= 11 is 0. The Morgan fingerprint density at radius 2 is 1.94 bits per heavy atom. The molecule has 1 unspecified atom stereocenters. The third-order valence-corrected chi connectivity index (χ3v) is 3.59. The fourth-order valence-corrected chi connectivity index (χ4v) is 2.51. The van der Waals surface area contributed by atoms with Gasteiger partial charge in [0.1, 0.15) is 11.6 Å². The van der Waals surface area contributed by atoms with E-state index in [0.29, 0.717) is 12.6 Å². The van der Waals surface area contributed by atoms with Gasteiger partial charge in [-0.05, 0) is 31.0 Å². The van der Waals surface area contributed by atoms with Crippen LogP contribution < -0.4 is 11.1 Å². The minimum atomic E-state index is -0.498. The molecule has 4 heteroatoms. The molecule has 1 aliphatic rings. The lowest BCUT2D eigenvalue weighted by atomic mass is 9.95. The minimum absolute atomic E-state index is 0.248. The van der Waals surface area contributed by atoms with Gasteiger partial charge in [0.25, 0.3) is 0 Å². The van der Waals surface area contributed by atoms with Crippen molar-refractivity contribution in [1.29, 1.82) is 0 Å². The van der Waals surface area contributed by atoms with E-state index in [4.69, 9.17) is 5.73 Å². The Morgan fingerprint density at radius 3 is 2.67 bits per heavy atom. The van der Waals surface area contributed by atoms with Crippen LogP contribution in [0.2, 0.25) is 0 Å². The van der Waals surface area contributed by atoms with Crippen molar-refractivity contribution in [3.05, 3.63) is 35.4 Å². The Kier molecular flexibility index (Phi) is 4.66. The lowest BCUT2D eigenvalue weighted by Crippen LogP contribution is -2.36. The Bertz CT molecular complexity index is 389. The van der Waals surface area contributed by atoms with Gasteiger partial charge in [0.2, 0.25) is 0 Å². The van der Waals surface area contributed by atoms with E-state index in [9.17, 15) is 8.78 Å². The molecular formula is C14H20F2N2. The highest BCUT2D eigenvalue weighted by Crippen LogP contribution is 2.19. The van der Waals surface area contributed by atoms with Crippen LogP contribution in [0.4, 0.5) is 8.78 Å². The molecule has 18 heavy (non-hydrogen) atoms. The number of nitrogens with one attached hydrogen (secondary N) is 1. The molecule has 0 heterocycles. The zero-order valence-corrected chi connectivity index (χ0v) is 10.5. The van der Waals surface area contributed by atoms with Gasteiger partial charge in [-0.15, -0.1) is 0 Å². The number of halogens is 2. The van der Waals surface area contributed by atoms with E-state index >= 15 is 0 Å². The molecule has 1 aliphatic carbocycles. The number of hydrogen-bond acceptors (Lipinski definition) is 2. The summed E-state index contributed by atoms with van der Waals surface area (Å²) in [6, 6.07) is 3.40. The first-order chi connectivity index (χ1) is 8.66. The van der Waals surface area contributed by atoms with Crippen LogP contribution >= 0.6 is 0 Å². The molecule has 0 spiro atoms. The Hall–Kier alpha value is -1.00. The van der Waals surface area contributed by atoms with E-state index in [-0.39, 0.29) is 5.56 Å². The highest BCUT2D eigenvalue weighted by Gasteiger charge is 2.16. The fourth-order valence-electron chi connectivity index (χ4n) is 2.51. The average Bonchev–Trinajstić information content (AvgIpc) is 2.40. The van der Waals surface area contributed by atoms with E-state index < -0.39 is 17.7 Å². The van der Waals surface area contributed by atoms with Crippen LogP contribution in [0.25, 0.3) is 0 Å². The molecule has 1 aromatic carbocycles. The largest absolute Gasteiger partial charge is 0.323 e. The van der Waals surface area contributed by atoms with Crippen LogP contribution in [0.3, 0.4) is 0 Å². The maximum atomic E-state index is 13.5. The van der Waals surface area contributed by atoms with E-state index in [1.54, 1.807) is 0 Å². The van der Waals surface area contributed by atoms with Crippen LogP contribution in [-0.2, 0) is 0 Å². The summed E-state index contributed by atoms with van der Waals surface area (Å²) in [6.45, 7) is 0.491. The van der Waals surface area contributed by atoms with Gasteiger partial charge >= 0.3 is 0 Å². The zero-order chi connectivity index (χ0) is 13.0. The number of rotatable bonds is 4. The van der Waals surface area contributed by atoms with Crippen molar-refractivity contribution in [2.75, 3.05) is 6.54 Å². The first-order valence-electron chi connectivity index (χ1n) is 6.60. The monoisotopic (exact) mass is 254 g/mol. The van der Waals surface area contributed by atoms with Gasteiger partial charge in [0, 0.05) is 24.2 Å². The maximum Gasteiger partial charge on any atom is 0.128 e. The summed E-state index contributed by atoms with van der Waals surface area (Å²) < 4.78 is 26.6. The van der Waals surface area contributed by atoms with Crippen molar-refractivity contribution in [2.24, 2.45) is 5.73 Å². The normalized spacial score (nSPS) is 18.8. The second kappa shape index (κ2) is 6.25. The third kappa shape index (κ3) is 3.50. The van der Waals surface area contributed by atoms with Crippen LogP contribution in [0.1, 0.15) is 43.7 Å². The van der Waals surface area contributed by atoms with Crippen molar-refractivity contribution in [3.63, 3.8) is 0 Å². The van der Waals surface area contributed by atoms with Crippen molar-refractivity contribution in [1.82, 2.24) is 5.32 Å². The van der Waals surface area contributed by atoms with Gasteiger partial charge in [-0.3, -0.25) is 0 Å². The van der Waals surface area contributed by atoms with Crippen molar-refractivity contribution in [3.8, 4) is 0 Å². The molecule has 0 amide bonds. The molecule has 0 aromatic heterocycles. The van der Waals surface area contributed by atoms with E-state index in [0.717, 1.165) is 25.0 Å². The second-order valence-corrected chi connectivity index (χ2v) is 5.02. The van der Waals surface area contributed by atoms with E-state index in [2.05, 4.69) is 5.32 Å². The summed E-state index contributed by atoms with van der Waals surface area (Å²) in [7, 11) is 0. The molecule has 1 atom stereocenters. The minimum Gasteiger partial charge on any atom is -0.323 e. The molecule has 100 valence electrons. The van der Waals surface area contributed by atoms with Crippen molar-refractivity contribution >= 4 is 0 Å². The molecule has 0 aliphatic heterocycles. The van der Waals surface area contributed by atoms with Crippen LogP contribution in [-0.4, -0.2) is 12.6 Å². The van der Waals surface area contributed by atoms with Gasteiger partial charge in [-0.25, -0.2) is 8.78 Å². The summed E-state index contributed by atoms with van der Waals surface area (Å²) in [5.41, 5.74) is 6.16. The summed E-state index contributed by atoms with van der Waals surface area (Å²) in [5.74, 6) is -0.881. The smallest absolute Gasteiger partial charge is 0.128 e. The second-order valence-electron chi connectivity index (χ2n) is 5.02. The number of nitrogens with two attached hydrogens (primary N) is 1. The average molecular weight is 254 g/mol. The van der Waals surface area contributed by atoms with Crippen LogP contribution in [0.5, 0.6) is 0 Å². The van der Waals surface area contributed by atoms with E-state index in [1.165, 1.54) is 25.3 Å².